The minimum Gasteiger partial charge on any atom is -0.336 e. The molecule has 3 rings (SSSR count). The van der Waals surface area contributed by atoms with Crippen molar-refractivity contribution in [3.63, 3.8) is 0 Å². The van der Waals surface area contributed by atoms with E-state index >= 15 is 0 Å². The molecule has 1 aliphatic rings. The Bertz CT molecular complexity index is 681. The molecule has 0 saturated heterocycles. The Labute approximate surface area is 150 Å². The monoisotopic (exact) mass is 337 g/mol. The summed E-state index contributed by atoms with van der Waals surface area (Å²) >= 11 is 0. The second-order valence-corrected chi connectivity index (χ2v) is 6.94. The molecule has 0 spiro atoms. The molecule has 0 N–H and O–H groups in total. The highest BCUT2D eigenvalue weighted by atomic mass is 16.2. The Kier molecular flexibility index (Phi) is 6.15. The van der Waals surface area contributed by atoms with Gasteiger partial charge in [-0.2, -0.15) is 0 Å². The second kappa shape index (κ2) is 8.75. The fourth-order valence-corrected chi connectivity index (χ4v) is 3.55. The average Bonchev–Trinajstić information content (AvgIpc) is 2.66. The van der Waals surface area contributed by atoms with E-state index in [0.29, 0.717) is 19.0 Å². The first-order chi connectivity index (χ1) is 12.2. The standard InChI is InChI=1S/C21H27N3O/c1-17-8-7-12-20(23-17)16-24(15-13-19-11-5-6-14-22-19)21(25)18-9-3-2-4-10-18/h5-8,11-12,14,18H,2-4,9-10,13,15-16H2,1H3. The summed E-state index contributed by atoms with van der Waals surface area (Å²) in [6, 6.07) is 12.0. The first-order valence-electron chi connectivity index (χ1n) is 9.33. The van der Waals surface area contributed by atoms with Gasteiger partial charge in [0, 0.05) is 36.5 Å². The maximum absolute atomic E-state index is 13.1. The summed E-state index contributed by atoms with van der Waals surface area (Å²) < 4.78 is 0. The van der Waals surface area contributed by atoms with E-state index in [-0.39, 0.29) is 5.92 Å². The van der Waals surface area contributed by atoms with Crippen LogP contribution in [0.1, 0.15) is 49.2 Å². The number of carbonyl (C=O) groups excluding carboxylic acids is 1. The third-order valence-electron chi connectivity index (χ3n) is 4.93. The molecular formula is C21H27N3O. The van der Waals surface area contributed by atoms with Gasteiger partial charge >= 0.3 is 0 Å². The number of aromatic nitrogens is 2. The summed E-state index contributed by atoms with van der Waals surface area (Å²) in [4.78, 5) is 24.1. The summed E-state index contributed by atoms with van der Waals surface area (Å²) in [5.74, 6) is 0.473. The van der Waals surface area contributed by atoms with E-state index < -0.39 is 0 Å². The summed E-state index contributed by atoms with van der Waals surface area (Å²) in [7, 11) is 0. The Morgan fingerprint density at radius 3 is 2.60 bits per heavy atom. The van der Waals surface area contributed by atoms with Crippen LogP contribution in [0.4, 0.5) is 0 Å². The molecule has 132 valence electrons. The highest BCUT2D eigenvalue weighted by molar-refractivity contribution is 5.78. The lowest BCUT2D eigenvalue weighted by Crippen LogP contribution is -2.38. The van der Waals surface area contributed by atoms with Gasteiger partial charge in [-0.15, -0.1) is 0 Å². The number of aryl methyl sites for hydroxylation is 1. The summed E-state index contributed by atoms with van der Waals surface area (Å²) in [5, 5.41) is 0. The SMILES string of the molecule is Cc1cccc(CN(CCc2ccccn2)C(=O)C2CCCCC2)n1. The predicted molar refractivity (Wildman–Crippen MR) is 98.9 cm³/mol. The fraction of sp³-hybridized carbons (Fsp3) is 0.476. The van der Waals surface area contributed by atoms with Gasteiger partial charge < -0.3 is 4.90 Å². The predicted octanol–water partition coefficient (Wildman–Crippen LogP) is 3.94. The smallest absolute Gasteiger partial charge is 0.226 e. The van der Waals surface area contributed by atoms with Crippen molar-refractivity contribution in [3.8, 4) is 0 Å². The van der Waals surface area contributed by atoms with Crippen LogP contribution in [-0.4, -0.2) is 27.3 Å². The van der Waals surface area contributed by atoms with E-state index in [9.17, 15) is 4.79 Å². The Morgan fingerprint density at radius 2 is 1.88 bits per heavy atom. The van der Waals surface area contributed by atoms with Crippen LogP contribution in [0.5, 0.6) is 0 Å². The molecule has 0 radical (unpaired) electrons. The number of carbonyl (C=O) groups is 1. The highest BCUT2D eigenvalue weighted by Crippen LogP contribution is 2.26. The Balaban J connectivity index is 1.71. The van der Waals surface area contributed by atoms with Crippen LogP contribution in [0.3, 0.4) is 0 Å². The molecular weight excluding hydrogens is 310 g/mol. The topological polar surface area (TPSA) is 46.1 Å². The van der Waals surface area contributed by atoms with Gasteiger partial charge in [-0.05, 0) is 44.0 Å². The Morgan fingerprint density at radius 1 is 1.08 bits per heavy atom. The number of rotatable bonds is 6. The van der Waals surface area contributed by atoms with Crippen molar-refractivity contribution in [1.82, 2.24) is 14.9 Å². The van der Waals surface area contributed by atoms with Crippen molar-refractivity contribution in [2.24, 2.45) is 5.92 Å². The van der Waals surface area contributed by atoms with Gasteiger partial charge in [0.1, 0.15) is 0 Å². The van der Waals surface area contributed by atoms with Crippen molar-refractivity contribution in [2.45, 2.75) is 52.0 Å². The average molecular weight is 337 g/mol. The van der Waals surface area contributed by atoms with E-state index in [2.05, 4.69) is 9.97 Å². The van der Waals surface area contributed by atoms with E-state index in [1.807, 2.05) is 54.4 Å². The second-order valence-electron chi connectivity index (χ2n) is 6.94. The molecule has 1 amide bonds. The van der Waals surface area contributed by atoms with Crippen LogP contribution >= 0.6 is 0 Å². The van der Waals surface area contributed by atoms with Crippen molar-refractivity contribution in [3.05, 3.63) is 59.7 Å². The van der Waals surface area contributed by atoms with Gasteiger partial charge in [-0.1, -0.05) is 31.4 Å². The molecule has 1 aliphatic carbocycles. The van der Waals surface area contributed by atoms with Gasteiger partial charge in [0.15, 0.2) is 0 Å². The molecule has 4 nitrogen and oxygen atoms in total. The zero-order valence-corrected chi connectivity index (χ0v) is 15.0. The molecule has 2 aromatic rings. The lowest BCUT2D eigenvalue weighted by atomic mass is 9.88. The van der Waals surface area contributed by atoms with Crippen LogP contribution in [0.15, 0.2) is 42.6 Å². The Hall–Kier alpha value is -2.23. The van der Waals surface area contributed by atoms with Crippen LogP contribution in [0, 0.1) is 12.8 Å². The molecule has 0 unspecified atom stereocenters. The summed E-state index contributed by atoms with van der Waals surface area (Å²) in [5.41, 5.74) is 2.98. The maximum atomic E-state index is 13.1. The fourth-order valence-electron chi connectivity index (χ4n) is 3.55. The minimum absolute atomic E-state index is 0.183. The van der Waals surface area contributed by atoms with Gasteiger partial charge in [0.2, 0.25) is 5.91 Å². The number of nitrogens with zero attached hydrogens (tertiary/aromatic N) is 3. The molecule has 2 aromatic heterocycles. The zero-order chi connectivity index (χ0) is 17.5. The molecule has 0 aromatic carbocycles. The number of hydrogen-bond acceptors (Lipinski definition) is 3. The highest BCUT2D eigenvalue weighted by Gasteiger charge is 2.26. The minimum atomic E-state index is 0.183. The number of pyridine rings is 2. The first-order valence-corrected chi connectivity index (χ1v) is 9.33. The van der Waals surface area contributed by atoms with Crippen molar-refractivity contribution in [1.29, 1.82) is 0 Å². The molecule has 0 bridgehead atoms. The largest absolute Gasteiger partial charge is 0.336 e. The molecule has 0 atom stereocenters. The van der Waals surface area contributed by atoms with Crippen molar-refractivity contribution in [2.75, 3.05) is 6.54 Å². The lowest BCUT2D eigenvalue weighted by Gasteiger charge is -2.29. The zero-order valence-electron chi connectivity index (χ0n) is 15.0. The molecule has 2 heterocycles. The number of hydrogen-bond donors (Lipinski definition) is 0. The van der Waals surface area contributed by atoms with E-state index in [1.54, 1.807) is 0 Å². The molecule has 1 saturated carbocycles. The van der Waals surface area contributed by atoms with Crippen LogP contribution in [-0.2, 0) is 17.8 Å². The maximum Gasteiger partial charge on any atom is 0.226 e. The van der Waals surface area contributed by atoms with Gasteiger partial charge in [-0.3, -0.25) is 14.8 Å². The van der Waals surface area contributed by atoms with Crippen molar-refractivity contribution >= 4 is 5.91 Å². The summed E-state index contributed by atoms with van der Waals surface area (Å²) in [6.07, 6.45) is 8.26. The van der Waals surface area contributed by atoms with Gasteiger partial charge in [0.25, 0.3) is 0 Å². The molecule has 0 aliphatic heterocycles. The molecule has 1 fully saturated rings. The van der Waals surface area contributed by atoms with Crippen LogP contribution in [0.2, 0.25) is 0 Å². The van der Waals surface area contributed by atoms with Crippen molar-refractivity contribution < 1.29 is 4.79 Å². The van der Waals surface area contributed by atoms with E-state index in [1.165, 1.54) is 19.3 Å². The quantitative estimate of drug-likeness (QED) is 0.802. The first kappa shape index (κ1) is 17.6. The van der Waals surface area contributed by atoms with Crippen LogP contribution < -0.4 is 0 Å². The lowest BCUT2D eigenvalue weighted by molar-refractivity contribution is -0.137. The molecule has 25 heavy (non-hydrogen) atoms. The van der Waals surface area contributed by atoms with E-state index in [4.69, 9.17) is 0 Å². The van der Waals surface area contributed by atoms with Crippen LogP contribution in [0.25, 0.3) is 0 Å². The normalized spacial score (nSPS) is 15.1. The number of amides is 1. The summed E-state index contributed by atoms with van der Waals surface area (Å²) in [6.45, 7) is 3.27. The third kappa shape index (κ3) is 5.12. The van der Waals surface area contributed by atoms with Gasteiger partial charge in [0.05, 0.1) is 12.2 Å². The molecule has 4 heteroatoms. The van der Waals surface area contributed by atoms with E-state index in [0.717, 1.165) is 36.3 Å². The third-order valence-corrected chi connectivity index (χ3v) is 4.93. The van der Waals surface area contributed by atoms with Gasteiger partial charge in [-0.25, -0.2) is 0 Å².